The van der Waals surface area contributed by atoms with E-state index in [0.29, 0.717) is 11.9 Å². The fourth-order valence-electron chi connectivity index (χ4n) is 1.58. The van der Waals surface area contributed by atoms with Crippen molar-refractivity contribution in [2.75, 3.05) is 13.6 Å². The predicted octanol–water partition coefficient (Wildman–Crippen LogP) is 3.30. The molecule has 1 atom stereocenters. The van der Waals surface area contributed by atoms with Crippen LogP contribution in [0, 0.1) is 5.92 Å². The molecule has 1 unspecified atom stereocenters. The minimum absolute atomic E-state index is 0.152. The summed E-state index contributed by atoms with van der Waals surface area (Å²) in [6, 6.07) is 7.97. The van der Waals surface area contributed by atoms with Gasteiger partial charge in [0.05, 0.1) is 6.04 Å². The quantitative estimate of drug-likeness (QED) is 0.672. The maximum Gasteiger partial charge on any atom is 0.191 e. The third kappa shape index (κ3) is 4.22. The SMILES string of the molecule is CC(C)CN=C(N)N(C)C(C)c1cccc(Cl)c1. The maximum absolute atomic E-state index is 6.00. The number of hydrogen-bond donors (Lipinski definition) is 1. The number of nitrogens with zero attached hydrogens (tertiary/aromatic N) is 2. The van der Waals surface area contributed by atoms with Gasteiger partial charge in [-0.25, -0.2) is 0 Å². The summed E-state index contributed by atoms with van der Waals surface area (Å²) in [5, 5.41) is 0.741. The van der Waals surface area contributed by atoms with E-state index < -0.39 is 0 Å². The van der Waals surface area contributed by atoms with Crippen LogP contribution in [0.3, 0.4) is 0 Å². The monoisotopic (exact) mass is 267 g/mol. The molecule has 2 N–H and O–H groups in total. The molecule has 1 aromatic carbocycles. The van der Waals surface area contributed by atoms with E-state index in [9.17, 15) is 0 Å². The first kappa shape index (κ1) is 14.8. The zero-order valence-corrected chi connectivity index (χ0v) is 12.3. The summed E-state index contributed by atoms with van der Waals surface area (Å²) in [4.78, 5) is 6.35. The van der Waals surface area contributed by atoms with Gasteiger partial charge in [-0.3, -0.25) is 4.99 Å². The highest BCUT2D eigenvalue weighted by atomic mass is 35.5. The summed E-state index contributed by atoms with van der Waals surface area (Å²) in [6.07, 6.45) is 0. The minimum Gasteiger partial charge on any atom is -0.370 e. The molecular weight excluding hydrogens is 246 g/mol. The zero-order valence-electron chi connectivity index (χ0n) is 11.5. The van der Waals surface area contributed by atoms with Crippen LogP contribution < -0.4 is 5.73 Å². The number of halogens is 1. The first-order chi connectivity index (χ1) is 8.41. The van der Waals surface area contributed by atoms with E-state index in [0.717, 1.165) is 17.1 Å². The average molecular weight is 268 g/mol. The Hall–Kier alpha value is -1.22. The fourth-order valence-corrected chi connectivity index (χ4v) is 1.77. The second-order valence-electron chi connectivity index (χ2n) is 4.93. The highest BCUT2D eigenvalue weighted by Crippen LogP contribution is 2.21. The molecule has 0 saturated carbocycles. The Kier molecular flexibility index (Phi) is 5.48. The summed E-state index contributed by atoms with van der Waals surface area (Å²) in [5.74, 6) is 1.08. The number of aliphatic imine (C=N–C) groups is 1. The van der Waals surface area contributed by atoms with Crippen molar-refractivity contribution in [1.29, 1.82) is 0 Å². The Morgan fingerprint density at radius 1 is 1.39 bits per heavy atom. The van der Waals surface area contributed by atoms with Crippen molar-refractivity contribution in [1.82, 2.24) is 4.90 Å². The van der Waals surface area contributed by atoms with Crippen molar-refractivity contribution in [2.24, 2.45) is 16.6 Å². The fraction of sp³-hybridized carbons (Fsp3) is 0.500. The Morgan fingerprint density at radius 2 is 2.06 bits per heavy atom. The second kappa shape index (κ2) is 6.64. The van der Waals surface area contributed by atoms with Crippen LogP contribution in [0.25, 0.3) is 0 Å². The zero-order chi connectivity index (χ0) is 13.7. The molecule has 1 rings (SSSR count). The van der Waals surface area contributed by atoms with Crippen LogP contribution in [-0.4, -0.2) is 24.5 Å². The summed E-state index contributed by atoms with van der Waals surface area (Å²) >= 11 is 6.00. The molecule has 0 spiro atoms. The van der Waals surface area contributed by atoms with Crippen LogP contribution in [0.15, 0.2) is 29.3 Å². The van der Waals surface area contributed by atoms with Gasteiger partial charge in [0.15, 0.2) is 5.96 Å². The Morgan fingerprint density at radius 3 is 2.61 bits per heavy atom. The van der Waals surface area contributed by atoms with E-state index in [1.807, 2.05) is 36.2 Å². The van der Waals surface area contributed by atoms with Gasteiger partial charge in [0.25, 0.3) is 0 Å². The molecular formula is C14H22ClN3. The summed E-state index contributed by atoms with van der Waals surface area (Å²) in [6.45, 7) is 7.08. The van der Waals surface area contributed by atoms with E-state index in [1.54, 1.807) is 0 Å². The molecule has 0 aliphatic heterocycles. The third-order valence-electron chi connectivity index (χ3n) is 2.89. The first-order valence-corrected chi connectivity index (χ1v) is 6.57. The van der Waals surface area contributed by atoms with Crippen molar-refractivity contribution in [3.05, 3.63) is 34.9 Å². The molecule has 0 saturated heterocycles. The highest BCUT2D eigenvalue weighted by Gasteiger charge is 2.13. The first-order valence-electron chi connectivity index (χ1n) is 6.20. The molecule has 18 heavy (non-hydrogen) atoms. The molecule has 4 heteroatoms. The standard InChI is InChI=1S/C14H22ClN3/c1-10(2)9-17-14(16)18(4)11(3)12-6-5-7-13(15)8-12/h5-8,10-11H,9H2,1-4H3,(H2,16,17). The van der Waals surface area contributed by atoms with Crippen molar-refractivity contribution >= 4 is 17.6 Å². The predicted molar refractivity (Wildman–Crippen MR) is 79.0 cm³/mol. The molecule has 0 aliphatic rings. The smallest absolute Gasteiger partial charge is 0.191 e. The van der Waals surface area contributed by atoms with Crippen molar-refractivity contribution in [3.63, 3.8) is 0 Å². The van der Waals surface area contributed by atoms with Gasteiger partial charge in [0.2, 0.25) is 0 Å². The number of guanidine groups is 1. The van der Waals surface area contributed by atoms with E-state index in [4.69, 9.17) is 17.3 Å². The molecule has 0 amide bonds. The Bertz CT molecular complexity index is 415. The van der Waals surface area contributed by atoms with Crippen LogP contribution >= 0.6 is 11.6 Å². The lowest BCUT2D eigenvalue weighted by Gasteiger charge is -2.26. The molecule has 0 bridgehead atoms. The van der Waals surface area contributed by atoms with E-state index in [-0.39, 0.29) is 6.04 Å². The lowest BCUT2D eigenvalue weighted by atomic mass is 10.1. The van der Waals surface area contributed by atoms with Crippen molar-refractivity contribution in [2.45, 2.75) is 26.8 Å². The van der Waals surface area contributed by atoms with Crippen LogP contribution in [0.5, 0.6) is 0 Å². The molecule has 3 nitrogen and oxygen atoms in total. The van der Waals surface area contributed by atoms with Gasteiger partial charge >= 0.3 is 0 Å². The maximum atomic E-state index is 6.00. The average Bonchev–Trinajstić information content (AvgIpc) is 2.34. The van der Waals surface area contributed by atoms with Crippen LogP contribution in [0.4, 0.5) is 0 Å². The van der Waals surface area contributed by atoms with Crippen LogP contribution in [-0.2, 0) is 0 Å². The van der Waals surface area contributed by atoms with Gasteiger partial charge in [-0.2, -0.15) is 0 Å². The Balaban J connectivity index is 2.77. The molecule has 0 radical (unpaired) electrons. The largest absolute Gasteiger partial charge is 0.370 e. The third-order valence-corrected chi connectivity index (χ3v) is 3.13. The summed E-state index contributed by atoms with van der Waals surface area (Å²) in [7, 11) is 1.95. The van der Waals surface area contributed by atoms with Gasteiger partial charge < -0.3 is 10.6 Å². The van der Waals surface area contributed by atoms with Crippen LogP contribution in [0.1, 0.15) is 32.4 Å². The Labute approximate surface area is 115 Å². The summed E-state index contributed by atoms with van der Waals surface area (Å²) in [5.41, 5.74) is 7.12. The molecule has 0 aliphatic carbocycles. The molecule has 0 aromatic heterocycles. The van der Waals surface area contributed by atoms with E-state index in [1.165, 1.54) is 0 Å². The van der Waals surface area contributed by atoms with Crippen molar-refractivity contribution in [3.8, 4) is 0 Å². The number of hydrogen-bond acceptors (Lipinski definition) is 1. The molecule has 0 heterocycles. The van der Waals surface area contributed by atoms with E-state index >= 15 is 0 Å². The lowest BCUT2D eigenvalue weighted by Crippen LogP contribution is -2.36. The van der Waals surface area contributed by atoms with Crippen LogP contribution in [0.2, 0.25) is 5.02 Å². The van der Waals surface area contributed by atoms with Gasteiger partial charge in [-0.15, -0.1) is 0 Å². The normalized spacial score (nSPS) is 13.8. The van der Waals surface area contributed by atoms with Gasteiger partial charge in [-0.1, -0.05) is 37.6 Å². The second-order valence-corrected chi connectivity index (χ2v) is 5.37. The highest BCUT2D eigenvalue weighted by molar-refractivity contribution is 6.30. The van der Waals surface area contributed by atoms with Gasteiger partial charge in [0, 0.05) is 18.6 Å². The number of benzene rings is 1. The molecule has 1 aromatic rings. The number of rotatable bonds is 4. The van der Waals surface area contributed by atoms with Gasteiger partial charge in [0.1, 0.15) is 0 Å². The molecule has 100 valence electrons. The summed E-state index contributed by atoms with van der Waals surface area (Å²) < 4.78 is 0. The van der Waals surface area contributed by atoms with E-state index in [2.05, 4.69) is 25.8 Å². The minimum atomic E-state index is 0.152. The topological polar surface area (TPSA) is 41.6 Å². The molecule has 0 fully saturated rings. The lowest BCUT2D eigenvalue weighted by molar-refractivity contribution is 0.395. The van der Waals surface area contributed by atoms with Gasteiger partial charge in [-0.05, 0) is 30.5 Å². The number of nitrogens with two attached hydrogens (primary N) is 1. The van der Waals surface area contributed by atoms with Crippen molar-refractivity contribution < 1.29 is 0 Å².